The minimum atomic E-state index is -0.195. The molecule has 2 N–H and O–H groups in total. The fourth-order valence-corrected chi connectivity index (χ4v) is 2.33. The predicted molar refractivity (Wildman–Crippen MR) is 68.2 cm³/mol. The van der Waals surface area contributed by atoms with E-state index >= 15 is 0 Å². The number of halogens is 2. The summed E-state index contributed by atoms with van der Waals surface area (Å²) in [6.07, 6.45) is 3.69. The Morgan fingerprint density at radius 2 is 2.31 bits per heavy atom. The highest BCUT2D eigenvalue weighted by atomic mass is 79.9. The van der Waals surface area contributed by atoms with Gasteiger partial charge in [-0.15, -0.1) is 0 Å². The summed E-state index contributed by atoms with van der Waals surface area (Å²) in [6, 6.07) is 5.42. The summed E-state index contributed by atoms with van der Waals surface area (Å²) in [7, 11) is 0. The van der Waals surface area contributed by atoms with Crippen LogP contribution in [0.5, 0.6) is 0 Å². The first-order chi connectivity index (χ1) is 7.75. The van der Waals surface area contributed by atoms with E-state index in [0.717, 1.165) is 17.6 Å². The number of benzene rings is 1. The van der Waals surface area contributed by atoms with Crippen molar-refractivity contribution in [3.05, 3.63) is 28.5 Å². The number of hydrogen-bond acceptors (Lipinski definition) is 2. The number of rotatable bonds is 3. The Morgan fingerprint density at radius 1 is 1.44 bits per heavy atom. The van der Waals surface area contributed by atoms with Crippen LogP contribution in [-0.4, -0.2) is 19.1 Å². The van der Waals surface area contributed by atoms with Crippen molar-refractivity contribution in [1.82, 2.24) is 5.32 Å². The molecule has 0 radical (unpaired) electrons. The third kappa shape index (κ3) is 3.19. The molecule has 1 fully saturated rings. The highest BCUT2D eigenvalue weighted by Gasteiger charge is 2.12. The van der Waals surface area contributed by atoms with Crippen LogP contribution in [0.4, 0.5) is 10.1 Å². The van der Waals surface area contributed by atoms with Crippen LogP contribution < -0.4 is 10.6 Å². The third-order valence-electron chi connectivity index (χ3n) is 2.88. The smallest absolute Gasteiger partial charge is 0.146 e. The molecule has 0 spiro atoms. The largest absolute Gasteiger partial charge is 0.381 e. The van der Waals surface area contributed by atoms with Gasteiger partial charge >= 0.3 is 0 Å². The van der Waals surface area contributed by atoms with Crippen LogP contribution in [0, 0.1) is 5.82 Å². The van der Waals surface area contributed by atoms with Crippen molar-refractivity contribution in [2.24, 2.45) is 0 Å². The van der Waals surface area contributed by atoms with Gasteiger partial charge in [-0.25, -0.2) is 4.39 Å². The van der Waals surface area contributed by atoms with E-state index in [1.807, 2.05) is 0 Å². The summed E-state index contributed by atoms with van der Waals surface area (Å²) in [5, 5.41) is 6.58. The summed E-state index contributed by atoms with van der Waals surface area (Å²) in [5.41, 5.74) is 0.571. The van der Waals surface area contributed by atoms with Gasteiger partial charge in [-0.2, -0.15) is 0 Å². The molecule has 0 aromatic heterocycles. The first kappa shape index (κ1) is 11.9. The molecule has 16 heavy (non-hydrogen) atoms. The second kappa shape index (κ2) is 5.64. The molecule has 0 aliphatic carbocycles. The topological polar surface area (TPSA) is 24.1 Å². The minimum Gasteiger partial charge on any atom is -0.381 e. The SMILES string of the molecule is Fc1ccc(Br)cc1NCC1CCCCN1. The number of anilines is 1. The van der Waals surface area contributed by atoms with Crippen molar-refractivity contribution < 1.29 is 4.39 Å². The quantitative estimate of drug-likeness (QED) is 0.892. The zero-order valence-corrected chi connectivity index (χ0v) is 10.7. The molecular formula is C12H16BrFN2. The minimum absolute atomic E-state index is 0.195. The zero-order valence-electron chi connectivity index (χ0n) is 9.10. The molecule has 1 aromatic rings. The van der Waals surface area contributed by atoms with Gasteiger partial charge in [-0.3, -0.25) is 0 Å². The Balaban J connectivity index is 1.90. The average Bonchev–Trinajstić information content (AvgIpc) is 2.32. The lowest BCUT2D eigenvalue weighted by molar-refractivity contribution is 0.414. The number of hydrogen-bond donors (Lipinski definition) is 2. The van der Waals surface area contributed by atoms with Gasteiger partial charge in [-0.05, 0) is 37.6 Å². The van der Waals surface area contributed by atoms with Gasteiger partial charge in [0.1, 0.15) is 5.82 Å². The molecule has 88 valence electrons. The average molecular weight is 287 g/mol. The molecule has 1 aliphatic heterocycles. The Bertz CT molecular complexity index is 351. The molecule has 1 saturated heterocycles. The van der Waals surface area contributed by atoms with E-state index in [4.69, 9.17) is 0 Å². The molecule has 1 unspecified atom stereocenters. The van der Waals surface area contributed by atoms with E-state index in [0.29, 0.717) is 11.7 Å². The molecular weight excluding hydrogens is 271 g/mol. The molecule has 1 atom stereocenters. The van der Waals surface area contributed by atoms with Gasteiger partial charge in [0.25, 0.3) is 0 Å². The Hall–Kier alpha value is -0.610. The molecule has 2 nitrogen and oxygen atoms in total. The highest BCUT2D eigenvalue weighted by molar-refractivity contribution is 9.10. The van der Waals surface area contributed by atoms with Crippen LogP contribution in [-0.2, 0) is 0 Å². The second-order valence-corrected chi connectivity index (χ2v) is 5.07. The highest BCUT2D eigenvalue weighted by Crippen LogP contribution is 2.20. The van der Waals surface area contributed by atoms with E-state index < -0.39 is 0 Å². The van der Waals surface area contributed by atoms with Crippen molar-refractivity contribution in [1.29, 1.82) is 0 Å². The fraction of sp³-hybridized carbons (Fsp3) is 0.500. The summed E-state index contributed by atoms with van der Waals surface area (Å²) in [6.45, 7) is 1.86. The summed E-state index contributed by atoms with van der Waals surface area (Å²) in [5.74, 6) is -0.195. The summed E-state index contributed by atoms with van der Waals surface area (Å²) in [4.78, 5) is 0. The van der Waals surface area contributed by atoms with Crippen LogP contribution in [0.25, 0.3) is 0 Å². The molecule has 1 aliphatic rings. The van der Waals surface area contributed by atoms with Crippen molar-refractivity contribution in [3.8, 4) is 0 Å². The normalized spacial score (nSPS) is 20.8. The van der Waals surface area contributed by atoms with Gasteiger partial charge in [-0.1, -0.05) is 22.4 Å². The fourth-order valence-electron chi connectivity index (χ4n) is 1.96. The number of nitrogens with one attached hydrogen (secondary N) is 2. The zero-order chi connectivity index (χ0) is 11.4. The van der Waals surface area contributed by atoms with Crippen molar-refractivity contribution in [2.45, 2.75) is 25.3 Å². The van der Waals surface area contributed by atoms with E-state index in [2.05, 4.69) is 26.6 Å². The molecule has 4 heteroatoms. The summed E-state index contributed by atoms with van der Waals surface area (Å²) < 4.78 is 14.3. The Kier molecular flexibility index (Phi) is 4.18. The van der Waals surface area contributed by atoms with Crippen molar-refractivity contribution in [2.75, 3.05) is 18.4 Å². The molecule has 1 aromatic carbocycles. The van der Waals surface area contributed by atoms with E-state index in [1.165, 1.54) is 25.3 Å². The maximum Gasteiger partial charge on any atom is 0.146 e. The van der Waals surface area contributed by atoms with Gasteiger partial charge in [0.05, 0.1) is 5.69 Å². The molecule has 0 saturated carbocycles. The lowest BCUT2D eigenvalue weighted by Gasteiger charge is -2.24. The van der Waals surface area contributed by atoms with Crippen LogP contribution in [0.3, 0.4) is 0 Å². The van der Waals surface area contributed by atoms with Crippen molar-refractivity contribution in [3.63, 3.8) is 0 Å². The molecule has 0 amide bonds. The van der Waals surface area contributed by atoms with Gasteiger partial charge in [0.2, 0.25) is 0 Å². The lowest BCUT2D eigenvalue weighted by atomic mass is 10.1. The van der Waals surface area contributed by atoms with Gasteiger partial charge in [0, 0.05) is 17.1 Å². The Morgan fingerprint density at radius 3 is 3.06 bits per heavy atom. The van der Waals surface area contributed by atoms with Crippen LogP contribution in [0.2, 0.25) is 0 Å². The Labute approximate surface area is 104 Å². The maximum atomic E-state index is 13.4. The number of piperidine rings is 1. The van der Waals surface area contributed by atoms with Crippen LogP contribution >= 0.6 is 15.9 Å². The second-order valence-electron chi connectivity index (χ2n) is 4.15. The van der Waals surface area contributed by atoms with Gasteiger partial charge in [0.15, 0.2) is 0 Å². The first-order valence-corrected chi connectivity index (χ1v) is 6.47. The molecule has 0 bridgehead atoms. The monoisotopic (exact) mass is 286 g/mol. The van der Waals surface area contributed by atoms with E-state index in [-0.39, 0.29) is 5.82 Å². The van der Waals surface area contributed by atoms with E-state index in [9.17, 15) is 4.39 Å². The molecule has 2 rings (SSSR count). The van der Waals surface area contributed by atoms with Crippen LogP contribution in [0.1, 0.15) is 19.3 Å². The van der Waals surface area contributed by atoms with Crippen molar-refractivity contribution >= 4 is 21.6 Å². The maximum absolute atomic E-state index is 13.4. The van der Waals surface area contributed by atoms with E-state index in [1.54, 1.807) is 12.1 Å². The molecule has 1 heterocycles. The summed E-state index contributed by atoms with van der Waals surface area (Å²) >= 11 is 3.34. The third-order valence-corrected chi connectivity index (χ3v) is 3.37. The predicted octanol–water partition coefficient (Wildman–Crippen LogP) is 3.14. The lowest BCUT2D eigenvalue weighted by Crippen LogP contribution is -2.39. The first-order valence-electron chi connectivity index (χ1n) is 5.68. The van der Waals surface area contributed by atoms with Crippen LogP contribution in [0.15, 0.2) is 22.7 Å². The standard InChI is InChI=1S/C12H16BrFN2/c13-9-4-5-11(14)12(7-9)16-8-10-3-1-2-6-15-10/h4-5,7,10,15-16H,1-3,6,8H2. The van der Waals surface area contributed by atoms with Gasteiger partial charge < -0.3 is 10.6 Å².